The Bertz CT molecular complexity index is 670. The summed E-state index contributed by atoms with van der Waals surface area (Å²) in [7, 11) is 0. The van der Waals surface area contributed by atoms with Crippen LogP contribution >= 0.6 is 11.6 Å². The highest BCUT2D eigenvalue weighted by Crippen LogP contribution is 2.30. The molecular weight excluding hydrogens is 321 g/mol. The van der Waals surface area contributed by atoms with Gasteiger partial charge in [-0.1, -0.05) is 23.7 Å². The second-order valence-corrected chi connectivity index (χ2v) is 5.02. The number of aromatic amines is 1. The van der Waals surface area contributed by atoms with Crippen molar-refractivity contribution in [2.45, 2.75) is 12.3 Å². The van der Waals surface area contributed by atoms with E-state index >= 15 is 0 Å². The molecule has 3 N–H and O–H groups in total. The number of nitrogens with one attached hydrogen (secondary N) is 2. The number of hydrogen-bond acceptors (Lipinski definition) is 2. The molecule has 1 aromatic carbocycles. The Balaban J connectivity index is 2.00. The second-order valence-electron chi connectivity index (χ2n) is 4.58. The van der Waals surface area contributed by atoms with Crippen LogP contribution in [0.4, 0.5) is 13.2 Å². The topological polar surface area (TPSA) is 65.1 Å². The lowest BCUT2D eigenvalue weighted by molar-refractivity contribution is -0.137. The van der Waals surface area contributed by atoms with Crippen molar-refractivity contribution in [2.75, 3.05) is 6.54 Å². The molecule has 2 aromatic rings. The van der Waals surface area contributed by atoms with Gasteiger partial charge in [0, 0.05) is 12.7 Å². The third kappa shape index (κ3) is 4.02. The van der Waals surface area contributed by atoms with Crippen molar-refractivity contribution in [3.8, 4) is 0 Å². The summed E-state index contributed by atoms with van der Waals surface area (Å²) in [6.45, 7) is -0.225. The summed E-state index contributed by atoms with van der Waals surface area (Å²) in [5, 5.41) is 12.7. The van der Waals surface area contributed by atoms with Crippen LogP contribution in [0.3, 0.4) is 0 Å². The maximum Gasteiger partial charge on any atom is 0.416 e. The fourth-order valence-corrected chi connectivity index (χ4v) is 1.99. The molecule has 0 fully saturated rings. The van der Waals surface area contributed by atoms with Gasteiger partial charge in [-0.15, -0.1) is 0 Å². The molecule has 1 heterocycles. The Morgan fingerprint density at radius 1 is 1.36 bits per heavy atom. The van der Waals surface area contributed by atoms with Crippen molar-refractivity contribution >= 4 is 17.5 Å². The SMILES string of the molecule is O=C(NC[C@H](O)c1cccc(C(F)(F)F)c1)c1cc(Cl)c[nH]1. The summed E-state index contributed by atoms with van der Waals surface area (Å²) in [6, 6.07) is 5.72. The van der Waals surface area contributed by atoms with Crippen LogP contribution in [0.15, 0.2) is 36.5 Å². The van der Waals surface area contributed by atoms with Gasteiger partial charge in [-0.05, 0) is 23.8 Å². The normalized spacial score (nSPS) is 13.0. The Morgan fingerprint density at radius 3 is 2.68 bits per heavy atom. The quantitative estimate of drug-likeness (QED) is 0.805. The van der Waals surface area contributed by atoms with E-state index in [0.29, 0.717) is 5.02 Å². The van der Waals surface area contributed by atoms with Crippen LogP contribution in [0.2, 0.25) is 5.02 Å². The molecule has 0 unspecified atom stereocenters. The maximum absolute atomic E-state index is 12.6. The van der Waals surface area contributed by atoms with Gasteiger partial charge in [0.25, 0.3) is 5.91 Å². The highest BCUT2D eigenvalue weighted by atomic mass is 35.5. The highest BCUT2D eigenvalue weighted by molar-refractivity contribution is 6.30. The minimum atomic E-state index is -4.49. The van der Waals surface area contributed by atoms with E-state index in [1.807, 2.05) is 0 Å². The summed E-state index contributed by atoms with van der Waals surface area (Å²) in [5.74, 6) is -0.516. The molecule has 1 amide bonds. The van der Waals surface area contributed by atoms with E-state index in [1.165, 1.54) is 24.4 Å². The molecule has 0 radical (unpaired) electrons. The Hall–Kier alpha value is -1.99. The number of aliphatic hydroxyl groups is 1. The Morgan fingerprint density at radius 2 is 2.09 bits per heavy atom. The van der Waals surface area contributed by atoms with Crippen LogP contribution in [-0.2, 0) is 6.18 Å². The average molecular weight is 333 g/mol. The van der Waals surface area contributed by atoms with Crippen LogP contribution < -0.4 is 5.32 Å². The van der Waals surface area contributed by atoms with E-state index in [1.54, 1.807) is 0 Å². The first-order valence-electron chi connectivity index (χ1n) is 6.24. The molecule has 4 nitrogen and oxygen atoms in total. The molecule has 0 aliphatic heterocycles. The number of carbonyl (C=O) groups excluding carboxylic acids is 1. The number of alkyl halides is 3. The predicted octanol–water partition coefficient (Wildman–Crippen LogP) is 3.15. The van der Waals surface area contributed by atoms with Gasteiger partial charge in [-0.3, -0.25) is 4.79 Å². The maximum atomic E-state index is 12.6. The smallest absolute Gasteiger partial charge is 0.387 e. The number of carbonyl (C=O) groups is 1. The van der Waals surface area contributed by atoms with Gasteiger partial charge < -0.3 is 15.4 Å². The lowest BCUT2D eigenvalue weighted by Gasteiger charge is -2.14. The van der Waals surface area contributed by atoms with Crippen LogP contribution in [0.1, 0.15) is 27.7 Å². The van der Waals surface area contributed by atoms with E-state index in [0.717, 1.165) is 12.1 Å². The molecule has 0 aliphatic carbocycles. The molecule has 22 heavy (non-hydrogen) atoms. The number of halogens is 4. The van der Waals surface area contributed by atoms with E-state index in [2.05, 4.69) is 10.3 Å². The lowest BCUT2D eigenvalue weighted by atomic mass is 10.1. The molecule has 8 heteroatoms. The van der Waals surface area contributed by atoms with Crippen LogP contribution in [-0.4, -0.2) is 22.5 Å². The van der Waals surface area contributed by atoms with Crippen molar-refractivity contribution < 1.29 is 23.1 Å². The van der Waals surface area contributed by atoms with Crippen molar-refractivity contribution in [1.82, 2.24) is 10.3 Å². The predicted molar refractivity (Wildman–Crippen MR) is 74.5 cm³/mol. The molecule has 0 saturated carbocycles. The average Bonchev–Trinajstić information content (AvgIpc) is 2.90. The first-order chi connectivity index (χ1) is 10.3. The Labute approximate surface area is 128 Å². The molecule has 2 rings (SSSR count). The fourth-order valence-electron chi connectivity index (χ4n) is 1.82. The minimum absolute atomic E-state index is 0.0691. The minimum Gasteiger partial charge on any atom is -0.387 e. The van der Waals surface area contributed by atoms with Crippen LogP contribution in [0.5, 0.6) is 0 Å². The summed E-state index contributed by atoms with van der Waals surface area (Å²) in [6.07, 6.45) is -4.32. The van der Waals surface area contributed by atoms with Gasteiger partial charge in [-0.25, -0.2) is 0 Å². The third-order valence-electron chi connectivity index (χ3n) is 2.95. The summed E-state index contributed by atoms with van der Waals surface area (Å²) in [4.78, 5) is 14.4. The molecular formula is C14H12ClF3N2O2. The molecule has 0 spiro atoms. The molecule has 118 valence electrons. The van der Waals surface area contributed by atoms with E-state index in [-0.39, 0.29) is 17.8 Å². The molecule has 1 aromatic heterocycles. The highest BCUT2D eigenvalue weighted by Gasteiger charge is 2.30. The number of aliphatic hydroxyl groups excluding tert-OH is 1. The number of benzene rings is 1. The summed E-state index contributed by atoms with van der Waals surface area (Å²) in [5.41, 5.74) is -0.590. The van der Waals surface area contributed by atoms with Gasteiger partial charge in [0.15, 0.2) is 0 Å². The van der Waals surface area contributed by atoms with Crippen molar-refractivity contribution in [3.63, 3.8) is 0 Å². The van der Waals surface area contributed by atoms with Crippen LogP contribution in [0, 0.1) is 0 Å². The first kappa shape index (κ1) is 16.4. The summed E-state index contributed by atoms with van der Waals surface area (Å²) < 4.78 is 37.8. The standard InChI is InChI=1S/C14H12ClF3N2O2/c15-10-5-11(19-6-10)13(22)20-7-12(21)8-2-1-3-9(4-8)14(16,17)18/h1-6,12,19,21H,7H2,(H,20,22)/t12-/m0/s1. The molecule has 0 aliphatic rings. The molecule has 0 saturated heterocycles. The third-order valence-corrected chi connectivity index (χ3v) is 3.17. The van der Waals surface area contributed by atoms with Crippen molar-refractivity contribution in [3.05, 3.63) is 58.4 Å². The largest absolute Gasteiger partial charge is 0.416 e. The second kappa shape index (κ2) is 6.41. The van der Waals surface area contributed by atoms with Crippen molar-refractivity contribution in [1.29, 1.82) is 0 Å². The zero-order valence-corrected chi connectivity index (χ0v) is 11.9. The van der Waals surface area contributed by atoms with Gasteiger partial charge in [-0.2, -0.15) is 13.2 Å². The number of aromatic nitrogens is 1. The Kier molecular flexibility index (Phi) is 4.77. The van der Waals surface area contributed by atoms with Gasteiger partial charge in [0.05, 0.1) is 16.7 Å². The number of amides is 1. The van der Waals surface area contributed by atoms with Gasteiger partial charge in [0.2, 0.25) is 0 Å². The van der Waals surface area contributed by atoms with Crippen molar-refractivity contribution in [2.24, 2.45) is 0 Å². The van der Waals surface area contributed by atoms with Crippen LogP contribution in [0.25, 0.3) is 0 Å². The summed E-state index contributed by atoms with van der Waals surface area (Å²) >= 11 is 5.66. The van der Waals surface area contributed by atoms with E-state index in [9.17, 15) is 23.1 Å². The number of rotatable bonds is 4. The number of H-pyrrole nitrogens is 1. The van der Waals surface area contributed by atoms with Gasteiger partial charge in [0.1, 0.15) is 5.69 Å². The number of hydrogen-bond donors (Lipinski definition) is 3. The van der Waals surface area contributed by atoms with E-state index in [4.69, 9.17) is 11.6 Å². The van der Waals surface area contributed by atoms with Gasteiger partial charge >= 0.3 is 6.18 Å². The molecule has 1 atom stereocenters. The van der Waals surface area contributed by atoms with E-state index < -0.39 is 23.8 Å². The fraction of sp³-hybridized carbons (Fsp3) is 0.214. The molecule has 0 bridgehead atoms. The monoisotopic (exact) mass is 332 g/mol. The first-order valence-corrected chi connectivity index (χ1v) is 6.62. The lowest BCUT2D eigenvalue weighted by Crippen LogP contribution is -2.28. The zero-order chi connectivity index (χ0) is 16.3. The zero-order valence-electron chi connectivity index (χ0n) is 11.1.